The maximum atomic E-state index is 11.3. The molecule has 0 radical (unpaired) electrons. The molecule has 0 amide bonds. The lowest BCUT2D eigenvalue weighted by atomic mass is 10.1. The molecule has 0 saturated carbocycles. The number of hydrogen-bond donors (Lipinski definition) is 3. The van der Waals surface area contributed by atoms with E-state index >= 15 is 0 Å². The maximum absolute atomic E-state index is 11.3. The van der Waals surface area contributed by atoms with Gasteiger partial charge in [-0.15, -0.1) is 0 Å². The van der Waals surface area contributed by atoms with Crippen LogP contribution in [0.1, 0.15) is 26.3 Å². The third kappa shape index (κ3) is 3.14. The zero-order valence-corrected chi connectivity index (χ0v) is 11.8. The molecule has 2 aromatic carbocycles. The van der Waals surface area contributed by atoms with Gasteiger partial charge in [0, 0.05) is 10.7 Å². The van der Waals surface area contributed by atoms with Crippen molar-refractivity contribution in [2.24, 2.45) is 0 Å². The van der Waals surface area contributed by atoms with Gasteiger partial charge in [-0.3, -0.25) is 0 Å². The highest BCUT2D eigenvalue weighted by Gasteiger charge is 2.18. The second kappa shape index (κ2) is 5.85. The number of carbonyl (C=O) groups is 2. The zero-order valence-electron chi connectivity index (χ0n) is 11.1. The molecule has 0 aliphatic rings. The van der Waals surface area contributed by atoms with Crippen LogP contribution in [-0.4, -0.2) is 22.2 Å². The van der Waals surface area contributed by atoms with Gasteiger partial charge < -0.3 is 15.5 Å². The van der Waals surface area contributed by atoms with Gasteiger partial charge in [0.25, 0.3) is 0 Å². The van der Waals surface area contributed by atoms with Crippen LogP contribution in [0.5, 0.6) is 0 Å². The van der Waals surface area contributed by atoms with Gasteiger partial charge in [-0.25, -0.2) is 9.59 Å². The Kier molecular flexibility index (Phi) is 4.14. The number of para-hydroxylation sites is 1. The summed E-state index contributed by atoms with van der Waals surface area (Å²) < 4.78 is 0. The van der Waals surface area contributed by atoms with Gasteiger partial charge in [0.2, 0.25) is 0 Å². The quantitative estimate of drug-likeness (QED) is 0.800. The second-order valence-corrected chi connectivity index (χ2v) is 4.86. The Labute approximate surface area is 125 Å². The van der Waals surface area contributed by atoms with Crippen molar-refractivity contribution in [1.82, 2.24) is 0 Å². The maximum Gasteiger partial charge on any atom is 0.337 e. The first kappa shape index (κ1) is 14.9. The number of carboxylic acid groups (broad SMARTS) is 2. The lowest BCUT2D eigenvalue weighted by molar-refractivity contribution is 0.0696. The van der Waals surface area contributed by atoms with Crippen LogP contribution < -0.4 is 5.32 Å². The summed E-state index contributed by atoms with van der Waals surface area (Å²) in [4.78, 5) is 22.6. The average Bonchev–Trinajstić information content (AvgIpc) is 2.42. The normalized spacial score (nSPS) is 10.2. The van der Waals surface area contributed by atoms with Crippen LogP contribution in [-0.2, 0) is 0 Å². The highest BCUT2D eigenvalue weighted by molar-refractivity contribution is 6.30. The van der Waals surface area contributed by atoms with Gasteiger partial charge in [-0.05, 0) is 36.8 Å². The summed E-state index contributed by atoms with van der Waals surface area (Å²) in [5.41, 5.74) is 1.17. The summed E-state index contributed by atoms with van der Waals surface area (Å²) in [6.45, 7) is 1.81. The largest absolute Gasteiger partial charge is 0.478 e. The minimum atomic E-state index is -1.21. The Hall–Kier alpha value is -2.53. The van der Waals surface area contributed by atoms with Crippen molar-refractivity contribution in [3.8, 4) is 0 Å². The Balaban J connectivity index is 2.59. The van der Waals surface area contributed by atoms with E-state index in [1.807, 2.05) is 6.92 Å². The summed E-state index contributed by atoms with van der Waals surface area (Å²) in [6, 6.07) is 9.15. The lowest BCUT2D eigenvalue weighted by Crippen LogP contribution is -2.09. The molecule has 2 aromatic rings. The van der Waals surface area contributed by atoms with Crippen LogP contribution in [0.15, 0.2) is 36.4 Å². The first-order chi connectivity index (χ1) is 9.90. The summed E-state index contributed by atoms with van der Waals surface area (Å²) >= 11 is 5.92. The molecule has 6 heteroatoms. The number of nitrogens with one attached hydrogen (secondary N) is 1. The average molecular weight is 306 g/mol. The molecular weight excluding hydrogens is 294 g/mol. The van der Waals surface area contributed by atoms with E-state index < -0.39 is 11.9 Å². The van der Waals surface area contributed by atoms with E-state index in [0.29, 0.717) is 10.7 Å². The fraction of sp³-hybridized carbons (Fsp3) is 0.0667. The topological polar surface area (TPSA) is 86.6 Å². The Morgan fingerprint density at radius 2 is 1.62 bits per heavy atom. The fourth-order valence-electron chi connectivity index (χ4n) is 1.91. The van der Waals surface area contributed by atoms with E-state index in [-0.39, 0.29) is 16.8 Å². The van der Waals surface area contributed by atoms with Gasteiger partial charge in [-0.2, -0.15) is 0 Å². The SMILES string of the molecule is Cc1ccc(Cl)cc1Nc1c(C(=O)O)cccc1C(=O)O. The molecule has 0 saturated heterocycles. The van der Waals surface area contributed by atoms with E-state index in [1.165, 1.54) is 18.2 Å². The van der Waals surface area contributed by atoms with E-state index in [1.54, 1.807) is 18.2 Å². The van der Waals surface area contributed by atoms with Gasteiger partial charge in [0.15, 0.2) is 0 Å². The van der Waals surface area contributed by atoms with Gasteiger partial charge in [0.1, 0.15) is 0 Å². The highest BCUT2D eigenvalue weighted by atomic mass is 35.5. The smallest absolute Gasteiger partial charge is 0.337 e. The second-order valence-electron chi connectivity index (χ2n) is 4.42. The van der Waals surface area contributed by atoms with Crippen LogP contribution >= 0.6 is 11.6 Å². The summed E-state index contributed by atoms with van der Waals surface area (Å²) in [7, 11) is 0. The lowest BCUT2D eigenvalue weighted by Gasteiger charge is -2.14. The Morgan fingerprint density at radius 1 is 1.05 bits per heavy atom. The number of anilines is 2. The standard InChI is InChI=1S/C15H12ClNO4/c1-8-5-6-9(16)7-12(8)17-13-10(14(18)19)3-2-4-11(13)15(20)21/h2-7,17H,1H3,(H,18,19)(H,20,21). The number of rotatable bonds is 4. The van der Waals surface area contributed by atoms with Crippen LogP contribution in [0.4, 0.5) is 11.4 Å². The minimum Gasteiger partial charge on any atom is -0.478 e. The number of benzene rings is 2. The molecule has 2 rings (SSSR count). The zero-order chi connectivity index (χ0) is 15.6. The van der Waals surface area contributed by atoms with Crippen LogP contribution in [0, 0.1) is 6.92 Å². The molecule has 3 N–H and O–H groups in total. The molecule has 0 aliphatic carbocycles. The number of aryl methyl sites for hydroxylation is 1. The van der Waals surface area contributed by atoms with Crippen molar-refractivity contribution in [3.63, 3.8) is 0 Å². The summed E-state index contributed by atoms with van der Waals surface area (Å²) in [5, 5.41) is 21.8. The molecule has 0 aliphatic heterocycles. The first-order valence-corrected chi connectivity index (χ1v) is 6.40. The third-order valence-corrected chi connectivity index (χ3v) is 3.22. The van der Waals surface area contributed by atoms with E-state index in [4.69, 9.17) is 11.6 Å². The molecule has 21 heavy (non-hydrogen) atoms. The molecule has 0 bridgehead atoms. The predicted octanol–water partition coefficient (Wildman–Crippen LogP) is 3.79. The predicted molar refractivity (Wildman–Crippen MR) is 79.8 cm³/mol. The molecule has 0 atom stereocenters. The molecule has 0 unspecified atom stereocenters. The van der Waals surface area contributed by atoms with Gasteiger partial charge in [0.05, 0.1) is 16.8 Å². The van der Waals surface area contributed by atoms with Crippen molar-refractivity contribution in [3.05, 3.63) is 58.1 Å². The molecular formula is C15H12ClNO4. The van der Waals surface area contributed by atoms with Crippen molar-refractivity contribution in [2.45, 2.75) is 6.92 Å². The number of halogens is 1. The van der Waals surface area contributed by atoms with Gasteiger partial charge in [-0.1, -0.05) is 23.7 Å². The van der Waals surface area contributed by atoms with Crippen molar-refractivity contribution in [2.75, 3.05) is 5.32 Å². The van der Waals surface area contributed by atoms with Crippen molar-refractivity contribution < 1.29 is 19.8 Å². The molecule has 108 valence electrons. The fourth-order valence-corrected chi connectivity index (χ4v) is 2.08. The molecule has 0 heterocycles. The van der Waals surface area contributed by atoms with E-state index in [9.17, 15) is 19.8 Å². The molecule has 5 nitrogen and oxygen atoms in total. The van der Waals surface area contributed by atoms with Crippen molar-refractivity contribution >= 4 is 34.9 Å². The number of hydrogen-bond acceptors (Lipinski definition) is 3. The molecule has 0 fully saturated rings. The monoisotopic (exact) mass is 305 g/mol. The first-order valence-electron chi connectivity index (χ1n) is 6.03. The summed E-state index contributed by atoms with van der Waals surface area (Å²) in [6.07, 6.45) is 0. The highest BCUT2D eigenvalue weighted by Crippen LogP contribution is 2.29. The Bertz CT molecular complexity index is 695. The molecule has 0 spiro atoms. The number of carboxylic acids is 2. The minimum absolute atomic E-state index is 0.0304. The summed E-state index contributed by atoms with van der Waals surface area (Å²) in [5.74, 6) is -2.42. The van der Waals surface area contributed by atoms with E-state index in [2.05, 4.69) is 5.32 Å². The van der Waals surface area contributed by atoms with Crippen LogP contribution in [0.3, 0.4) is 0 Å². The molecule has 0 aromatic heterocycles. The van der Waals surface area contributed by atoms with Crippen LogP contribution in [0.2, 0.25) is 5.02 Å². The van der Waals surface area contributed by atoms with Gasteiger partial charge >= 0.3 is 11.9 Å². The Morgan fingerprint density at radius 3 is 2.14 bits per heavy atom. The number of aromatic carboxylic acids is 2. The third-order valence-electron chi connectivity index (χ3n) is 2.98. The van der Waals surface area contributed by atoms with E-state index in [0.717, 1.165) is 5.56 Å². The van der Waals surface area contributed by atoms with Crippen molar-refractivity contribution in [1.29, 1.82) is 0 Å². The van der Waals surface area contributed by atoms with Crippen LogP contribution in [0.25, 0.3) is 0 Å².